The average molecular weight is 456 g/mol. The molecular formula is C27H25N3O4. The number of nitrogens with one attached hydrogen (secondary N) is 1. The fourth-order valence-electron chi connectivity index (χ4n) is 4.02. The largest absolute Gasteiger partial charge is 0.490 e. The number of ether oxygens (including phenoxy) is 2. The Labute approximate surface area is 196 Å². The number of carbonyl (C=O) groups is 1. The maximum absolute atomic E-state index is 12.7. The highest BCUT2D eigenvalue weighted by molar-refractivity contribution is 5.83. The van der Waals surface area contributed by atoms with Crippen molar-refractivity contribution in [2.75, 3.05) is 13.2 Å². The van der Waals surface area contributed by atoms with Crippen molar-refractivity contribution in [2.24, 2.45) is 0 Å². The Bertz CT molecular complexity index is 1410. The standard InChI is InChI=1S/C27H25N3O4/c1-18(20-8-7-19-5-2-3-6-21(19)15-20)28-26(31)17-30-27(32)12-10-23(29-30)22-9-11-24-25(16-22)34-14-4-13-33-24/h2-3,5-12,15-16,18H,4,13-14,17H2,1H3,(H,28,31). The minimum Gasteiger partial charge on any atom is -0.490 e. The molecule has 7 heteroatoms. The number of fused-ring (bicyclic) bond motifs is 2. The molecule has 1 aromatic heterocycles. The molecule has 3 aromatic carbocycles. The quantitative estimate of drug-likeness (QED) is 0.490. The van der Waals surface area contributed by atoms with Crippen LogP contribution in [0.25, 0.3) is 22.0 Å². The summed E-state index contributed by atoms with van der Waals surface area (Å²) < 4.78 is 12.6. The highest BCUT2D eigenvalue weighted by atomic mass is 16.5. The van der Waals surface area contributed by atoms with E-state index in [2.05, 4.69) is 22.5 Å². The normalized spacial score (nSPS) is 13.8. The molecule has 2 heterocycles. The van der Waals surface area contributed by atoms with E-state index >= 15 is 0 Å². The molecule has 0 bridgehead atoms. The van der Waals surface area contributed by atoms with Crippen molar-refractivity contribution >= 4 is 16.7 Å². The van der Waals surface area contributed by atoms with Gasteiger partial charge in [-0.1, -0.05) is 36.4 Å². The molecule has 1 aliphatic rings. The molecule has 7 nitrogen and oxygen atoms in total. The van der Waals surface area contributed by atoms with E-state index in [0.29, 0.717) is 30.4 Å². The maximum Gasteiger partial charge on any atom is 0.267 e. The number of hydrogen-bond donors (Lipinski definition) is 1. The maximum atomic E-state index is 12.7. The van der Waals surface area contributed by atoms with Gasteiger partial charge in [0.25, 0.3) is 5.56 Å². The number of hydrogen-bond acceptors (Lipinski definition) is 5. The topological polar surface area (TPSA) is 82.5 Å². The van der Waals surface area contributed by atoms with Gasteiger partial charge in [-0.3, -0.25) is 9.59 Å². The van der Waals surface area contributed by atoms with Gasteiger partial charge in [-0.25, -0.2) is 4.68 Å². The number of rotatable bonds is 5. The summed E-state index contributed by atoms with van der Waals surface area (Å²) in [5.74, 6) is 1.05. The molecule has 1 aliphatic heterocycles. The molecule has 0 saturated heterocycles. The van der Waals surface area contributed by atoms with Crippen LogP contribution in [0, 0.1) is 0 Å². The Hall–Kier alpha value is -4.13. The van der Waals surface area contributed by atoms with Gasteiger partial charge in [-0.2, -0.15) is 5.10 Å². The minimum absolute atomic E-state index is 0.171. The lowest BCUT2D eigenvalue weighted by atomic mass is 10.0. The van der Waals surface area contributed by atoms with E-state index < -0.39 is 0 Å². The summed E-state index contributed by atoms with van der Waals surface area (Å²) in [5, 5.41) is 9.65. The number of amides is 1. The van der Waals surface area contributed by atoms with Gasteiger partial charge in [-0.05, 0) is 53.6 Å². The number of benzene rings is 3. The second-order valence-corrected chi connectivity index (χ2v) is 8.32. The van der Waals surface area contributed by atoms with E-state index in [-0.39, 0.29) is 24.1 Å². The zero-order chi connectivity index (χ0) is 23.5. The van der Waals surface area contributed by atoms with Gasteiger partial charge in [0, 0.05) is 18.1 Å². The molecule has 4 aromatic rings. The van der Waals surface area contributed by atoms with Crippen molar-refractivity contribution in [1.29, 1.82) is 0 Å². The summed E-state index contributed by atoms with van der Waals surface area (Å²) in [6, 6.07) is 22.6. The highest BCUT2D eigenvalue weighted by Crippen LogP contribution is 2.33. The predicted molar refractivity (Wildman–Crippen MR) is 130 cm³/mol. The molecule has 172 valence electrons. The minimum atomic E-state index is -0.341. The van der Waals surface area contributed by atoms with Crippen molar-refractivity contribution < 1.29 is 14.3 Å². The molecule has 5 rings (SSSR count). The molecule has 1 N–H and O–H groups in total. The van der Waals surface area contributed by atoms with Crippen LogP contribution in [0.15, 0.2) is 77.6 Å². The number of nitrogens with zero attached hydrogens (tertiary/aromatic N) is 2. The summed E-state index contributed by atoms with van der Waals surface area (Å²) in [6.07, 6.45) is 0.819. The molecule has 34 heavy (non-hydrogen) atoms. The molecule has 0 radical (unpaired) electrons. The molecule has 1 amide bonds. The summed E-state index contributed by atoms with van der Waals surface area (Å²) in [7, 11) is 0. The van der Waals surface area contributed by atoms with Gasteiger partial charge in [0.15, 0.2) is 11.5 Å². The smallest absolute Gasteiger partial charge is 0.267 e. The van der Waals surface area contributed by atoms with Crippen LogP contribution in [0.3, 0.4) is 0 Å². The second kappa shape index (κ2) is 9.39. The van der Waals surface area contributed by atoms with E-state index in [4.69, 9.17) is 9.47 Å². The van der Waals surface area contributed by atoms with E-state index in [1.54, 1.807) is 6.07 Å². The first kappa shape index (κ1) is 21.7. The SMILES string of the molecule is CC(NC(=O)Cn1nc(-c2ccc3c(c2)OCCCO3)ccc1=O)c1ccc2ccccc2c1. The molecule has 1 unspecified atom stereocenters. The zero-order valence-electron chi connectivity index (χ0n) is 18.9. The lowest BCUT2D eigenvalue weighted by Crippen LogP contribution is -2.34. The van der Waals surface area contributed by atoms with Gasteiger partial charge in [0.05, 0.1) is 24.9 Å². The van der Waals surface area contributed by atoms with Crippen molar-refractivity contribution in [3.05, 3.63) is 88.7 Å². The van der Waals surface area contributed by atoms with Crippen LogP contribution in [0.1, 0.15) is 24.9 Å². The van der Waals surface area contributed by atoms with Gasteiger partial charge < -0.3 is 14.8 Å². The third kappa shape index (κ3) is 4.64. The van der Waals surface area contributed by atoms with Gasteiger partial charge in [-0.15, -0.1) is 0 Å². The first-order valence-electron chi connectivity index (χ1n) is 11.3. The molecule has 0 aliphatic carbocycles. The van der Waals surface area contributed by atoms with E-state index in [1.807, 2.05) is 55.5 Å². The van der Waals surface area contributed by atoms with Crippen LogP contribution in [-0.2, 0) is 11.3 Å². The fourth-order valence-corrected chi connectivity index (χ4v) is 4.02. The summed E-state index contributed by atoms with van der Waals surface area (Å²) in [5.41, 5.74) is 2.01. The summed E-state index contributed by atoms with van der Waals surface area (Å²) >= 11 is 0. The Morgan fingerprint density at radius 2 is 1.76 bits per heavy atom. The predicted octanol–water partition coefficient (Wildman–Crippen LogP) is 4.10. The number of carbonyl (C=O) groups excluding carboxylic acids is 1. The van der Waals surface area contributed by atoms with E-state index in [9.17, 15) is 9.59 Å². The van der Waals surface area contributed by atoms with E-state index in [0.717, 1.165) is 28.3 Å². The average Bonchev–Trinajstić information content (AvgIpc) is 3.10. The molecule has 0 saturated carbocycles. The Morgan fingerprint density at radius 3 is 2.62 bits per heavy atom. The molecular weight excluding hydrogens is 430 g/mol. The Kier molecular flexibility index (Phi) is 5.99. The summed E-state index contributed by atoms with van der Waals surface area (Å²) in [6.45, 7) is 2.95. The molecule has 0 fully saturated rings. The van der Waals surface area contributed by atoms with Crippen molar-refractivity contribution in [2.45, 2.75) is 25.9 Å². The Morgan fingerprint density at radius 1 is 0.971 bits per heavy atom. The number of aromatic nitrogens is 2. The van der Waals surface area contributed by atoms with Crippen molar-refractivity contribution in [3.63, 3.8) is 0 Å². The first-order chi connectivity index (χ1) is 16.6. The second-order valence-electron chi connectivity index (χ2n) is 8.32. The Balaban J connectivity index is 1.32. The molecule has 1 atom stereocenters. The van der Waals surface area contributed by atoms with Crippen LogP contribution in [-0.4, -0.2) is 28.9 Å². The molecule has 0 spiro atoms. The third-order valence-corrected chi connectivity index (χ3v) is 5.85. The van der Waals surface area contributed by atoms with Crippen LogP contribution >= 0.6 is 0 Å². The van der Waals surface area contributed by atoms with Crippen LogP contribution < -0.4 is 20.3 Å². The van der Waals surface area contributed by atoms with E-state index in [1.165, 1.54) is 10.7 Å². The third-order valence-electron chi connectivity index (χ3n) is 5.85. The van der Waals surface area contributed by atoms with Gasteiger partial charge >= 0.3 is 0 Å². The van der Waals surface area contributed by atoms with Crippen LogP contribution in [0.2, 0.25) is 0 Å². The lowest BCUT2D eigenvalue weighted by molar-refractivity contribution is -0.122. The first-order valence-corrected chi connectivity index (χ1v) is 11.3. The highest BCUT2D eigenvalue weighted by Gasteiger charge is 2.15. The summed E-state index contributed by atoms with van der Waals surface area (Å²) in [4.78, 5) is 25.1. The van der Waals surface area contributed by atoms with Crippen molar-refractivity contribution in [3.8, 4) is 22.8 Å². The van der Waals surface area contributed by atoms with Gasteiger partial charge in [0.1, 0.15) is 6.54 Å². The zero-order valence-corrected chi connectivity index (χ0v) is 18.9. The monoisotopic (exact) mass is 455 g/mol. The lowest BCUT2D eigenvalue weighted by Gasteiger charge is -2.16. The van der Waals surface area contributed by atoms with Gasteiger partial charge in [0.2, 0.25) is 5.91 Å². The van der Waals surface area contributed by atoms with Crippen LogP contribution in [0.5, 0.6) is 11.5 Å². The van der Waals surface area contributed by atoms with Crippen LogP contribution in [0.4, 0.5) is 0 Å². The van der Waals surface area contributed by atoms with Crippen molar-refractivity contribution in [1.82, 2.24) is 15.1 Å². The fraction of sp³-hybridized carbons (Fsp3) is 0.222.